The van der Waals surface area contributed by atoms with Crippen molar-refractivity contribution in [3.05, 3.63) is 60.7 Å². The van der Waals surface area contributed by atoms with Crippen LogP contribution in [0.25, 0.3) is 0 Å². The monoisotopic (exact) mass is 418 g/mol. The zero-order chi connectivity index (χ0) is 20.4. The first kappa shape index (κ1) is 21.2. The van der Waals surface area contributed by atoms with Crippen LogP contribution in [0.1, 0.15) is 27.2 Å². The van der Waals surface area contributed by atoms with Crippen LogP contribution >= 0.6 is 0 Å². The molecule has 1 aliphatic rings. The van der Waals surface area contributed by atoms with Crippen LogP contribution in [-0.2, 0) is 18.7 Å². The minimum absolute atomic E-state index is 0.0707. The molecule has 2 atom stereocenters. The molecule has 0 spiro atoms. The van der Waals surface area contributed by atoms with E-state index in [9.17, 15) is 8.42 Å². The molecule has 0 amide bonds. The van der Waals surface area contributed by atoms with Crippen LogP contribution in [0.2, 0.25) is 5.04 Å². The molecule has 28 heavy (non-hydrogen) atoms. The Kier molecular flexibility index (Phi) is 6.15. The highest BCUT2D eigenvalue weighted by Gasteiger charge is 2.52. The Bertz CT molecular complexity index is 836. The molecule has 0 unspecified atom stereocenters. The summed E-state index contributed by atoms with van der Waals surface area (Å²) in [5.41, 5.74) is 0. The van der Waals surface area contributed by atoms with Crippen molar-refractivity contribution in [2.45, 2.75) is 32.2 Å². The van der Waals surface area contributed by atoms with Gasteiger partial charge in [0.15, 0.2) is 0 Å². The number of benzene rings is 2. The Balaban J connectivity index is 1.90. The van der Waals surface area contributed by atoms with Crippen molar-refractivity contribution in [3.63, 3.8) is 0 Å². The van der Waals surface area contributed by atoms with Gasteiger partial charge >= 0.3 is 0 Å². The minimum atomic E-state index is -3.42. The van der Waals surface area contributed by atoms with Crippen LogP contribution in [0.4, 0.5) is 0 Å². The topological polar surface area (TPSA) is 52.6 Å². The van der Waals surface area contributed by atoms with Crippen molar-refractivity contribution < 1.29 is 17.0 Å². The fourth-order valence-electron chi connectivity index (χ4n) is 4.04. The SMILES string of the molecule is COS(=O)(=O)C[C@@H]1C[C@H]1CO[Si](c1ccccc1)(c1ccccc1)C(C)(C)C. The molecular formula is C22H30O4SSi. The summed E-state index contributed by atoms with van der Waals surface area (Å²) in [6.07, 6.45) is 0.876. The molecule has 2 aromatic carbocycles. The Morgan fingerprint density at radius 2 is 1.43 bits per heavy atom. The molecule has 4 nitrogen and oxygen atoms in total. The van der Waals surface area contributed by atoms with Gasteiger partial charge in [0.05, 0.1) is 12.9 Å². The molecule has 2 aromatic rings. The second kappa shape index (κ2) is 8.11. The molecule has 0 heterocycles. The van der Waals surface area contributed by atoms with E-state index in [2.05, 4.69) is 73.5 Å². The summed E-state index contributed by atoms with van der Waals surface area (Å²) in [5.74, 6) is 0.480. The maximum Gasteiger partial charge on any atom is 0.267 e. The first-order valence-corrected chi connectivity index (χ1v) is 13.2. The lowest BCUT2D eigenvalue weighted by Gasteiger charge is -2.43. The lowest BCUT2D eigenvalue weighted by molar-refractivity contribution is 0.275. The first-order valence-electron chi connectivity index (χ1n) is 9.73. The Morgan fingerprint density at radius 1 is 0.929 bits per heavy atom. The van der Waals surface area contributed by atoms with E-state index in [1.54, 1.807) is 0 Å². The van der Waals surface area contributed by atoms with Crippen molar-refractivity contribution in [1.82, 2.24) is 0 Å². The molecule has 152 valence electrons. The fraction of sp³-hybridized carbons (Fsp3) is 0.455. The summed E-state index contributed by atoms with van der Waals surface area (Å²) in [6.45, 7) is 7.33. The highest BCUT2D eigenvalue weighted by Crippen LogP contribution is 2.43. The quantitative estimate of drug-likeness (QED) is 0.488. The zero-order valence-electron chi connectivity index (χ0n) is 17.1. The molecule has 1 aliphatic carbocycles. The maximum atomic E-state index is 11.7. The molecule has 0 bridgehead atoms. The predicted molar refractivity (Wildman–Crippen MR) is 116 cm³/mol. The third kappa shape index (κ3) is 4.40. The molecule has 0 radical (unpaired) electrons. The van der Waals surface area contributed by atoms with E-state index in [1.165, 1.54) is 17.5 Å². The standard InChI is InChI=1S/C22H30O4SSi/c1-22(2,3)28(20-11-7-5-8-12-20,21-13-9-6-10-14-21)26-16-18-15-19(18)17-27(23,24)25-4/h5-14,18-19H,15-17H2,1-4H3/t18-,19-/m0/s1. The highest BCUT2D eigenvalue weighted by atomic mass is 32.2. The van der Waals surface area contributed by atoms with E-state index in [4.69, 9.17) is 4.43 Å². The molecule has 1 saturated carbocycles. The van der Waals surface area contributed by atoms with E-state index in [-0.39, 0.29) is 22.6 Å². The average Bonchev–Trinajstić information content (AvgIpc) is 3.40. The predicted octanol–water partition coefficient (Wildman–Crippen LogP) is 3.18. The van der Waals surface area contributed by atoms with Gasteiger partial charge in [-0.25, -0.2) is 0 Å². The van der Waals surface area contributed by atoms with Gasteiger partial charge in [-0.1, -0.05) is 81.4 Å². The van der Waals surface area contributed by atoms with Crippen LogP contribution in [0.15, 0.2) is 60.7 Å². The van der Waals surface area contributed by atoms with Gasteiger partial charge in [0.25, 0.3) is 18.4 Å². The largest absolute Gasteiger partial charge is 0.407 e. The van der Waals surface area contributed by atoms with E-state index >= 15 is 0 Å². The molecule has 0 saturated heterocycles. The number of hydrogen-bond donors (Lipinski definition) is 0. The van der Waals surface area contributed by atoms with Gasteiger partial charge in [0.1, 0.15) is 0 Å². The van der Waals surface area contributed by atoms with E-state index < -0.39 is 18.4 Å². The molecule has 1 fully saturated rings. The van der Waals surface area contributed by atoms with Crippen LogP contribution in [-0.4, -0.2) is 36.2 Å². The van der Waals surface area contributed by atoms with Gasteiger partial charge in [0, 0.05) is 6.61 Å². The third-order valence-electron chi connectivity index (χ3n) is 5.67. The maximum absolute atomic E-state index is 11.7. The van der Waals surface area contributed by atoms with Crippen molar-refractivity contribution in [3.8, 4) is 0 Å². The zero-order valence-corrected chi connectivity index (χ0v) is 18.9. The summed E-state index contributed by atoms with van der Waals surface area (Å²) in [5, 5.41) is 2.42. The summed E-state index contributed by atoms with van der Waals surface area (Å²) in [7, 11) is -4.74. The molecule has 6 heteroatoms. The lowest BCUT2D eigenvalue weighted by Crippen LogP contribution is -2.66. The molecule has 0 aliphatic heterocycles. The summed E-state index contributed by atoms with van der Waals surface area (Å²) in [4.78, 5) is 0. The van der Waals surface area contributed by atoms with Gasteiger partial charge in [-0.05, 0) is 33.7 Å². The second-order valence-electron chi connectivity index (χ2n) is 8.62. The normalized spacial score (nSPS) is 20.1. The van der Waals surface area contributed by atoms with E-state index in [0.717, 1.165) is 6.42 Å². The Morgan fingerprint density at radius 3 is 1.86 bits per heavy atom. The molecular weight excluding hydrogens is 388 g/mol. The summed E-state index contributed by atoms with van der Waals surface area (Å²) < 4.78 is 35.0. The fourth-order valence-corrected chi connectivity index (χ4v) is 9.73. The molecule has 3 rings (SSSR count). The molecule has 0 N–H and O–H groups in total. The summed E-state index contributed by atoms with van der Waals surface area (Å²) >= 11 is 0. The van der Waals surface area contributed by atoms with Crippen LogP contribution in [0.5, 0.6) is 0 Å². The minimum Gasteiger partial charge on any atom is -0.407 e. The van der Waals surface area contributed by atoms with Crippen LogP contribution in [0.3, 0.4) is 0 Å². The Labute approximate surface area is 170 Å². The van der Waals surface area contributed by atoms with E-state index in [1.807, 2.05) is 12.1 Å². The number of rotatable bonds is 8. The van der Waals surface area contributed by atoms with Gasteiger partial charge in [-0.3, -0.25) is 4.18 Å². The van der Waals surface area contributed by atoms with Crippen molar-refractivity contribution in [2.75, 3.05) is 19.5 Å². The van der Waals surface area contributed by atoms with Crippen molar-refractivity contribution >= 4 is 28.8 Å². The van der Waals surface area contributed by atoms with Crippen molar-refractivity contribution in [2.24, 2.45) is 11.8 Å². The van der Waals surface area contributed by atoms with Gasteiger partial charge in [-0.2, -0.15) is 8.42 Å². The lowest BCUT2D eigenvalue weighted by atomic mass is 10.2. The van der Waals surface area contributed by atoms with Crippen LogP contribution < -0.4 is 10.4 Å². The number of hydrogen-bond acceptors (Lipinski definition) is 4. The highest BCUT2D eigenvalue weighted by molar-refractivity contribution is 7.86. The second-order valence-corrected chi connectivity index (χ2v) is 14.7. The third-order valence-corrected chi connectivity index (χ3v) is 12.0. The van der Waals surface area contributed by atoms with Crippen molar-refractivity contribution in [1.29, 1.82) is 0 Å². The van der Waals surface area contributed by atoms with Gasteiger partial charge in [0.2, 0.25) is 0 Å². The average molecular weight is 419 g/mol. The van der Waals surface area contributed by atoms with Crippen LogP contribution in [0, 0.1) is 11.8 Å². The van der Waals surface area contributed by atoms with Gasteiger partial charge in [-0.15, -0.1) is 0 Å². The summed E-state index contributed by atoms with van der Waals surface area (Å²) in [6, 6.07) is 21.0. The Hall–Kier alpha value is -1.47. The first-order chi connectivity index (χ1) is 13.2. The smallest absolute Gasteiger partial charge is 0.267 e. The van der Waals surface area contributed by atoms with Gasteiger partial charge < -0.3 is 4.43 Å². The van der Waals surface area contributed by atoms with E-state index in [0.29, 0.717) is 6.61 Å². The molecule has 0 aromatic heterocycles.